The van der Waals surface area contributed by atoms with Gasteiger partial charge >= 0.3 is 0 Å². The molecule has 3 rings (SSSR count). The average molecular weight is 330 g/mol. The maximum Gasteiger partial charge on any atom is 0.255 e. The van der Waals surface area contributed by atoms with Crippen LogP contribution in [-0.4, -0.2) is 24.9 Å². The number of furan rings is 1. The Morgan fingerprint density at radius 1 is 1.29 bits per heavy atom. The highest BCUT2D eigenvalue weighted by Crippen LogP contribution is 2.27. The molecule has 6 heteroatoms. The summed E-state index contributed by atoms with van der Waals surface area (Å²) in [6, 6.07) is 6.08. The summed E-state index contributed by atoms with van der Waals surface area (Å²) >= 11 is 0. The topological polar surface area (TPSA) is 62.6 Å². The highest BCUT2D eigenvalue weighted by Gasteiger charge is 2.23. The summed E-state index contributed by atoms with van der Waals surface area (Å²) in [7, 11) is 0. The summed E-state index contributed by atoms with van der Waals surface area (Å²) in [4.78, 5) is 26.2. The third-order valence-electron chi connectivity index (χ3n) is 4.15. The third-order valence-corrected chi connectivity index (χ3v) is 4.15. The number of hydrogen-bond donors (Lipinski definition) is 1. The van der Waals surface area contributed by atoms with Crippen LogP contribution in [0.15, 0.2) is 28.7 Å². The average Bonchev–Trinajstić information content (AvgIpc) is 2.90. The van der Waals surface area contributed by atoms with Gasteiger partial charge in [-0.15, -0.1) is 0 Å². The van der Waals surface area contributed by atoms with Crippen molar-refractivity contribution < 1.29 is 18.4 Å². The summed E-state index contributed by atoms with van der Waals surface area (Å²) < 4.78 is 18.7. The number of fused-ring (bicyclic) bond motifs is 1. The Balaban J connectivity index is 1.68. The van der Waals surface area contributed by atoms with Crippen molar-refractivity contribution in [1.82, 2.24) is 5.32 Å². The zero-order valence-corrected chi connectivity index (χ0v) is 13.7. The second-order valence-electron chi connectivity index (χ2n) is 5.93. The minimum Gasteiger partial charge on any atom is -0.466 e. The summed E-state index contributed by atoms with van der Waals surface area (Å²) in [6.07, 6.45) is 1.52. The zero-order valence-electron chi connectivity index (χ0n) is 13.7. The largest absolute Gasteiger partial charge is 0.466 e. The molecule has 0 spiro atoms. The number of benzene rings is 1. The van der Waals surface area contributed by atoms with E-state index < -0.39 is 0 Å². The standard InChI is InChI=1S/C18H19FN2O3/c1-11-8-15(12(2)24-11)18(23)20-10-17(22)21-7-3-4-13-9-14(19)5-6-16(13)21/h5-6,8-9H,3-4,7,10H2,1-2H3,(H,20,23). The van der Waals surface area contributed by atoms with Crippen LogP contribution in [0.3, 0.4) is 0 Å². The van der Waals surface area contributed by atoms with Gasteiger partial charge in [0, 0.05) is 12.2 Å². The lowest BCUT2D eigenvalue weighted by Gasteiger charge is -2.29. The summed E-state index contributed by atoms with van der Waals surface area (Å²) in [5.41, 5.74) is 1.97. The van der Waals surface area contributed by atoms with Crippen LogP contribution < -0.4 is 10.2 Å². The van der Waals surface area contributed by atoms with E-state index in [1.54, 1.807) is 30.9 Å². The van der Waals surface area contributed by atoms with Crippen LogP contribution >= 0.6 is 0 Å². The van der Waals surface area contributed by atoms with Crippen LogP contribution in [0.1, 0.15) is 33.9 Å². The lowest BCUT2D eigenvalue weighted by Crippen LogP contribution is -2.42. The molecule has 0 saturated carbocycles. The molecule has 5 nitrogen and oxygen atoms in total. The Bertz CT molecular complexity index is 798. The van der Waals surface area contributed by atoms with Crippen LogP contribution in [0.25, 0.3) is 0 Å². The lowest BCUT2D eigenvalue weighted by molar-refractivity contribution is -0.117. The second kappa shape index (κ2) is 6.47. The van der Waals surface area contributed by atoms with E-state index in [1.807, 2.05) is 0 Å². The van der Waals surface area contributed by atoms with E-state index in [2.05, 4.69) is 5.32 Å². The molecule has 1 aliphatic rings. The van der Waals surface area contributed by atoms with Gasteiger partial charge in [0.05, 0.1) is 12.1 Å². The smallest absolute Gasteiger partial charge is 0.255 e. The van der Waals surface area contributed by atoms with Gasteiger partial charge < -0.3 is 14.6 Å². The Morgan fingerprint density at radius 3 is 2.79 bits per heavy atom. The molecule has 1 aromatic heterocycles. The monoisotopic (exact) mass is 330 g/mol. The molecule has 1 N–H and O–H groups in total. The van der Waals surface area contributed by atoms with Gasteiger partial charge in [0.1, 0.15) is 17.3 Å². The molecule has 0 saturated heterocycles. The van der Waals surface area contributed by atoms with Gasteiger partial charge in [-0.1, -0.05) is 0 Å². The SMILES string of the molecule is Cc1cc(C(=O)NCC(=O)N2CCCc3cc(F)ccc32)c(C)o1. The van der Waals surface area contributed by atoms with Crippen molar-refractivity contribution in [2.24, 2.45) is 0 Å². The van der Waals surface area contributed by atoms with Crippen molar-refractivity contribution in [3.63, 3.8) is 0 Å². The van der Waals surface area contributed by atoms with Crippen LogP contribution in [-0.2, 0) is 11.2 Å². The van der Waals surface area contributed by atoms with E-state index in [9.17, 15) is 14.0 Å². The van der Waals surface area contributed by atoms with Crippen LogP contribution in [0.5, 0.6) is 0 Å². The highest BCUT2D eigenvalue weighted by atomic mass is 19.1. The number of aryl methyl sites for hydroxylation is 3. The molecule has 0 atom stereocenters. The van der Waals surface area contributed by atoms with E-state index in [-0.39, 0.29) is 24.2 Å². The molecule has 0 bridgehead atoms. The molecule has 126 valence electrons. The molecule has 0 fully saturated rings. The summed E-state index contributed by atoms with van der Waals surface area (Å²) in [6.45, 7) is 3.92. The molecule has 0 unspecified atom stereocenters. The fourth-order valence-electron chi connectivity index (χ4n) is 3.03. The predicted molar refractivity (Wildman–Crippen MR) is 87.6 cm³/mol. The predicted octanol–water partition coefficient (Wildman–Crippen LogP) is 2.74. The molecule has 0 aliphatic carbocycles. The first-order valence-electron chi connectivity index (χ1n) is 7.89. The third kappa shape index (κ3) is 3.18. The van der Waals surface area contributed by atoms with Crippen molar-refractivity contribution in [2.75, 3.05) is 18.0 Å². The zero-order chi connectivity index (χ0) is 17.3. The van der Waals surface area contributed by atoms with Gasteiger partial charge in [-0.2, -0.15) is 0 Å². The lowest BCUT2D eigenvalue weighted by atomic mass is 10.0. The summed E-state index contributed by atoms with van der Waals surface area (Å²) in [5.74, 6) is 0.317. The Morgan fingerprint density at radius 2 is 2.08 bits per heavy atom. The molecule has 1 aromatic carbocycles. The first-order valence-corrected chi connectivity index (χ1v) is 7.89. The molecule has 2 heterocycles. The highest BCUT2D eigenvalue weighted by molar-refractivity contribution is 6.01. The molecule has 2 amide bonds. The fourth-order valence-corrected chi connectivity index (χ4v) is 3.03. The number of nitrogens with one attached hydrogen (secondary N) is 1. The molecular weight excluding hydrogens is 311 g/mol. The molecular formula is C18H19FN2O3. The molecule has 24 heavy (non-hydrogen) atoms. The number of hydrogen-bond acceptors (Lipinski definition) is 3. The normalized spacial score (nSPS) is 13.5. The minimum absolute atomic E-state index is 0.112. The van der Waals surface area contributed by atoms with Crippen LogP contribution in [0.4, 0.5) is 10.1 Å². The van der Waals surface area contributed by atoms with Gasteiger partial charge in [0.15, 0.2) is 0 Å². The van der Waals surface area contributed by atoms with Crippen molar-refractivity contribution in [3.05, 3.63) is 52.7 Å². The molecule has 2 aromatic rings. The number of rotatable bonds is 3. The number of carbonyl (C=O) groups excluding carboxylic acids is 2. The molecule has 0 radical (unpaired) electrons. The van der Waals surface area contributed by atoms with E-state index in [4.69, 9.17) is 4.42 Å². The maximum atomic E-state index is 13.3. The number of halogens is 1. The van der Waals surface area contributed by atoms with Crippen LogP contribution in [0, 0.1) is 19.7 Å². The number of amides is 2. The Labute approximate surface area is 139 Å². The quantitative estimate of drug-likeness (QED) is 0.941. The van der Waals surface area contributed by atoms with Gasteiger partial charge in [0.2, 0.25) is 5.91 Å². The van der Waals surface area contributed by atoms with Crippen LogP contribution in [0.2, 0.25) is 0 Å². The number of carbonyl (C=O) groups is 2. The van der Waals surface area contributed by atoms with Crippen molar-refractivity contribution in [1.29, 1.82) is 0 Å². The maximum absolute atomic E-state index is 13.3. The van der Waals surface area contributed by atoms with Gasteiger partial charge in [0.25, 0.3) is 5.91 Å². The first-order chi connectivity index (χ1) is 11.5. The van der Waals surface area contributed by atoms with Crippen molar-refractivity contribution in [3.8, 4) is 0 Å². The van der Waals surface area contributed by atoms with E-state index >= 15 is 0 Å². The second-order valence-corrected chi connectivity index (χ2v) is 5.93. The van der Waals surface area contributed by atoms with E-state index in [0.717, 1.165) is 24.1 Å². The fraction of sp³-hybridized carbons (Fsp3) is 0.333. The Hall–Kier alpha value is -2.63. The first kappa shape index (κ1) is 16.2. The van der Waals surface area contributed by atoms with E-state index in [1.165, 1.54) is 12.1 Å². The van der Waals surface area contributed by atoms with E-state index in [0.29, 0.717) is 23.6 Å². The molecule has 1 aliphatic heterocycles. The number of nitrogens with zero attached hydrogens (tertiary/aromatic N) is 1. The van der Waals surface area contributed by atoms with Crippen molar-refractivity contribution >= 4 is 17.5 Å². The summed E-state index contributed by atoms with van der Waals surface area (Å²) in [5, 5.41) is 2.63. The minimum atomic E-state index is -0.339. The number of anilines is 1. The van der Waals surface area contributed by atoms with Gasteiger partial charge in [-0.25, -0.2) is 4.39 Å². The van der Waals surface area contributed by atoms with Crippen molar-refractivity contribution in [2.45, 2.75) is 26.7 Å². The van der Waals surface area contributed by atoms with Gasteiger partial charge in [-0.05, 0) is 56.5 Å². The Kier molecular flexibility index (Phi) is 4.38. The van der Waals surface area contributed by atoms with Gasteiger partial charge in [-0.3, -0.25) is 9.59 Å².